The van der Waals surface area contributed by atoms with E-state index in [1.165, 1.54) is 0 Å². The third-order valence-electron chi connectivity index (χ3n) is 1.98. The average molecular weight is 224 g/mol. The van der Waals surface area contributed by atoms with Gasteiger partial charge in [0.2, 0.25) is 0 Å². The predicted molar refractivity (Wildman–Crippen MR) is 44.6 cm³/mol. The van der Waals surface area contributed by atoms with Crippen LogP contribution in [0.3, 0.4) is 0 Å². The molecule has 1 aliphatic carbocycles. The molecule has 0 bridgehead atoms. The third kappa shape index (κ3) is 5.22. The molecule has 1 saturated carbocycles. The number of hydrogen-bond donors (Lipinski definition) is 2. The first-order valence-electron chi connectivity index (χ1n) is 4.24. The molecule has 7 heteroatoms. The molecule has 0 radical (unpaired) electrons. The summed E-state index contributed by atoms with van der Waals surface area (Å²) in [6.45, 7) is 0. The molecule has 15 heavy (non-hydrogen) atoms. The Balaban J connectivity index is 0.000000265. The van der Waals surface area contributed by atoms with E-state index in [4.69, 9.17) is 20.9 Å². The van der Waals surface area contributed by atoms with Gasteiger partial charge in [0.15, 0.2) is 0 Å². The normalized spacial score (nSPS) is 25.0. The minimum absolute atomic E-state index is 0.148. The van der Waals surface area contributed by atoms with Crippen LogP contribution in [0.15, 0.2) is 0 Å². The Kier molecular flexibility index (Phi) is 5.08. The fourth-order valence-corrected chi connectivity index (χ4v) is 1.15. The Bertz CT molecular complexity index is 260. The van der Waals surface area contributed by atoms with Crippen molar-refractivity contribution >= 4 is 5.97 Å². The summed E-state index contributed by atoms with van der Waals surface area (Å²) in [5, 5.41) is 15.5. The monoisotopic (exact) mass is 224 g/mol. The second-order valence-corrected chi connectivity index (χ2v) is 3.13. The van der Waals surface area contributed by atoms with Crippen LogP contribution < -0.4 is 5.73 Å². The molecule has 0 spiro atoms. The fraction of sp³-hybridized carbons (Fsp3) is 0.750. The minimum atomic E-state index is -5.08. The zero-order chi connectivity index (χ0) is 12.1. The number of nitriles is 1. The molecule has 0 aromatic rings. The van der Waals surface area contributed by atoms with Crippen molar-refractivity contribution in [1.29, 1.82) is 5.26 Å². The van der Waals surface area contributed by atoms with Crippen molar-refractivity contribution in [1.82, 2.24) is 0 Å². The van der Waals surface area contributed by atoms with Gasteiger partial charge in [0.05, 0.1) is 12.0 Å². The van der Waals surface area contributed by atoms with E-state index in [1.807, 2.05) is 0 Å². The summed E-state index contributed by atoms with van der Waals surface area (Å²) in [6, 6.07) is 2.36. The molecule has 2 unspecified atom stereocenters. The molecule has 3 N–H and O–H groups in total. The minimum Gasteiger partial charge on any atom is -0.475 e. The van der Waals surface area contributed by atoms with Crippen molar-refractivity contribution in [3.05, 3.63) is 0 Å². The lowest BCUT2D eigenvalue weighted by molar-refractivity contribution is -0.192. The third-order valence-corrected chi connectivity index (χ3v) is 1.98. The van der Waals surface area contributed by atoms with Gasteiger partial charge < -0.3 is 10.8 Å². The van der Waals surface area contributed by atoms with Gasteiger partial charge in [0, 0.05) is 6.04 Å². The van der Waals surface area contributed by atoms with Gasteiger partial charge in [0.1, 0.15) is 0 Å². The van der Waals surface area contributed by atoms with Crippen molar-refractivity contribution in [3.63, 3.8) is 0 Å². The molecule has 0 aromatic carbocycles. The predicted octanol–water partition coefficient (Wildman–Crippen LogP) is 1.27. The van der Waals surface area contributed by atoms with Gasteiger partial charge in [-0.15, -0.1) is 0 Å². The number of alkyl halides is 3. The molecule has 1 fully saturated rings. The van der Waals surface area contributed by atoms with E-state index < -0.39 is 12.1 Å². The van der Waals surface area contributed by atoms with Crippen LogP contribution in [0.4, 0.5) is 13.2 Å². The van der Waals surface area contributed by atoms with Gasteiger partial charge in [0.25, 0.3) is 0 Å². The van der Waals surface area contributed by atoms with Crippen LogP contribution in [0, 0.1) is 17.2 Å². The van der Waals surface area contributed by atoms with Crippen molar-refractivity contribution in [3.8, 4) is 6.07 Å². The first-order chi connectivity index (χ1) is 6.79. The van der Waals surface area contributed by atoms with Crippen LogP contribution >= 0.6 is 0 Å². The lowest BCUT2D eigenvalue weighted by Crippen LogP contribution is -2.22. The zero-order valence-electron chi connectivity index (χ0n) is 7.79. The lowest BCUT2D eigenvalue weighted by atomic mass is 10.1. The van der Waals surface area contributed by atoms with Crippen molar-refractivity contribution < 1.29 is 23.1 Å². The number of halogens is 3. The number of hydrogen-bond acceptors (Lipinski definition) is 3. The standard InChI is InChI=1S/C6H10N2.C2HF3O2/c7-4-5-2-1-3-6(5)8;3-2(4,5)1(6)7/h5-6H,1-3,8H2;(H,6,7). The molecule has 86 valence electrons. The average Bonchev–Trinajstić information content (AvgIpc) is 2.50. The number of carboxylic acids is 1. The number of aliphatic carboxylic acids is 1. The van der Waals surface area contributed by atoms with Crippen molar-refractivity contribution in [2.45, 2.75) is 31.5 Å². The van der Waals surface area contributed by atoms with Gasteiger partial charge in [-0.1, -0.05) is 6.42 Å². The van der Waals surface area contributed by atoms with Crippen LogP contribution in [-0.2, 0) is 4.79 Å². The maximum absolute atomic E-state index is 10.6. The second-order valence-electron chi connectivity index (χ2n) is 3.13. The number of carbonyl (C=O) groups is 1. The molecule has 2 atom stereocenters. The van der Waals surface area contributed by atoms with E-state index in [1.54, 1.807) is 0 Å². The molecule has 0 saturated heterocycles. The highest BCUT2D eigenvalue weighted by atomic mass is 19.4. The molecule has 4 nitrogen and oxygen atoms in total. The summed E-state index contributed by atoms with van der Waals surface area (Å²) in [6.07, 6.45) is -1.89. The number of carboxylic acid groups (broad SMARTS) is 1. The van der Waals surface area contributed by atoms with Crippen LogP contribution in [0.25, 0.3) is 0 Å². The number of nitrogens with two attached hydrogens (primary N) is 1. The summed E-state index contributed by atoms with van der Waals surface area (Å²) >= 11 is 0. The molecular weight excluding hydrogens is 213 g/mol. The summed E-state index contributed by atoms with van der Waals surface area (Å²) in [7, 11) is 0. The largest absolute Gasteiger partial charge is 0.490 e. The number of nitrogens with zero attached hydrogens (tertiary/aromatic N) is 1. The van der Waals surface area contributed by atoms with Crippen molar-refractivity contribution in [2.24, 2.45) is 11.7 Å². The second kappa shape index (κ2) is 5.56. The maximum atomic E-state index is 10.6. The quantitative estimate of drug-likeness (QED) is 0.648. The smallest absolute Gasteiger partial charge is 0.475 e. The Labute approximate surface area is 84.5 Å². The highest BCUT2D eigenvalue weighted by molar-refractivity contribution is 5.73. The van der Waals surface area contributed by atoms with Gasteiger partial charge in [-0.05, 0) is 12.8 Å². The summed E-state index contributed by atoms with van der Waals surface area (Å²) in [5.74, 6) is -2.61. The van der Waals surface area contributed by atoms with Crippen LogP contribution in [0.1, 0.15) is 19.3 Å². The van der Waals surface area contributed by atoms with Gasteiger partial charge in [-0.3, -0.25) is 0 Å². The Morgan fingerprint density at radius 1 is 1.47 bits per heavy atom. The molecular formula is C8H11F3N2O2. The van der Waals surface area contributed by atoms with Crippen LogP contribution in [0.5, 0.6) is 0 Å². The first-order valence-corrected chi connectivity index (χ1v) is 4.24. The summed E-state index contributed by atoms with van der Waals surface area (Å²) in [4.78, 5) is 8.90. The summed E-state index contributed by atoms with van der Waals surface area (Å²) in [5.41, 5.74) is 5.57. The molecule has 1 rings (SSSR count). The topological polar surface area (TPSA) is 87.1 Å². The van der Waals surface area contributed by atoms with Gasteiger partial charge >= 0.3 is 12.1 Å². The van der Waals surface area contributed by atoms with Crippen LogP contribution in [0.2, 0.25) is 0 Å². The molecule has 1 aliphatic rings. The van der Waals surface area contributed by atoms with Gasteiger partial charge in [-0.25, -0.2) is 4.79 Å². The van der Waals surface area contributed by atoms with E-state index >= 15 is 0 Å². The van der Waals surface area contributed by atoms with Crippen molar-refractivity contribution in [2.75, 3.05) is 0 Å². The molecule has 0 heterocycles. The Hall–Kier alpha value is -1.29. The number of rotatable bonds is 0. The van der Waals surface area contributed by atoms with Crippen LogP contribution in [-0.4, -0.2) is 23.3 Å². The fourth-order valence-electron chi connectivity index (χ4n) is 1.15. The highest BCUT2D eigenvalue weighted by Gasteiger charge is 2.38. The van der Waals surface area contributed by atoms with E-state index in [9.17, 15) is 13.2 Å². The molecule has 0 aromatic heterocycles. The molecule has 0 amide bonds. The van der Waals surface area contributed by atoms with E-state index in [2.05, 4.69) is 6.07 Å². The molecule has 0 aliphatic heterocycles. The van der Waals surface area contributed by atoms with E-state index in [0.29, 0.717) is 0 Å². The van der Waals surface area contributed by atoms with E-state index in [-0.39, 0.29) is 12.0 Å². The highest BCUT2D eigenvalue weighted by Crippen LogP contribution is 2.22. The summed E-state index contributed by atoms with van der Waals surface area (Å²) < 4.78 is 31.7. The zero-order valence-corrected chi connectivity index (χ0v) is 7.79. The lowest BCUT2D eigenvalue weighted by Gasteiger charge is -2.02. The maximum Gasteiger partial charge on any atom is 0.490 e. The Morgan fingerprint density at radius 3 is 2.07 bits per heavy atom. The Morgan fingerprint density at radius 2 is 1.93 bits per heavy atom. The van der Waals surface area contributed by atoms with E-state index in [0.717, 1.165) is 19.3 Å². The SMILES string of the molecule is N#CC1CCCC1N.O=C(O)C(F)(F)F. The van der Waals surface area contributed by atoms with Gasteiger partial charge in [-0.2, -0.15) is 18.4 Å². The first kappa shape index (κ1) is 13.7.